The fraction of sp³-hybridized carbons (Fsp3) is 0.143. The number of benzene rings is 4. The van der Waals surface area contributed by atoms with E-state index >= 15 is 0 Å². The quantitative estimate of drug-likeness (QED) is 0.298. The second-order valence-corrected chi connectivity index (χ2v) is 8.16. The van der Waals surface area contributed by atoms with Gasteiger partial charge >= 0.3 is 0 Å². The van der Waals surface area contributed by atoms with E-state index in [9.17, 15) is 0 Å². The Hall–Kier alpha value is -3.12. The molecule has 0 atom stereocenters. The maximum absolute atomic E-state index is 2.42. The van der Waals surface area contributed by atoms with E-state index in [-0.39, 0.29) is 5.41 Å². The normalized spacial score (nSPS) is 15.3. The predicted octanol–water partition coefficient (Wildman–Crippen LogP) is 6.46. The molecule has 0 bridgehead atoms. The molecule has 6 rings (SSSR count). The molecule has 1 spiro atoms. The highest BCUT2D eigenvalue weighted by Crippen LogP contribution is 2.58. The topological polar surface area (TPSA) is 0 Å². The molecule has 134 valence electrons. The van der Waals surface area contributed by atoms with Crippen molar-refractivity contribution < 1.29 is 0 Å². The monoisotopic (exact) mass is 358 g/mol. The van der Waals surface area contributed by atoms with Crippen LogP contribution in [0.3, 0.4) is 0 Å². The third-order valence-corrected chi connectivity index (χ3v) is 6.71. The van der Waals surface area contributed by atoms with Crippen molar-refractivity contribution in [3.8, 4) is 11.1 Å². The van der Waals surface area contributed by atoms with E-state index in [1.165, 1.54) is 50.1 Å². The molecule has 4 aromatic carbocycles. The first-order valence-corrected chi connectivity index (χ1v) is 10.2. The zero-order valence-corrected chi connectivity index (χ0v) is 16.1. The molecule has 0 nitrogen and oxygen atoms in total. The summed E-state index contributed by atoms with van der Waals surface area (Å²) in [6.45, 7) is 2.21. The van der Waals surface area contributed by atoms with Gasteiger partial charge in [0.1, 0.15) is 0 Å². The Balaban J connectivity index is 1.87. The van der Waals surface area contributed by atoms with Crippen LogP contribution < -0.4 is 0 Å². The number of aryl methyl sites for hydroxylation is 3. The Morgan fingerprint density at radius 3 is 1.75 bits per heavy atom. The first-order chi connectivity index (χ1) is 13.8. The van der Waals surface area contributed by atoms with E-state index in [1.54, 1.807) is 0 Å². The van der Waals surface area contributed by atoms with E-state index in [4.69, 9.17) is 0 Å². The van der Waals surface area contributed by atoms with Crippen molar-refractivity contribution in [3.05, 3.63) is 130 Å². The lowest BCUT2D eigenvalue weighted by atomic mass is 9.66. The summed E-state index contributed by atoms with van der Waals surface area (Å²) in [6.07, 6.45) is 2.19. The van der Waals surface area contributed by atoms with Crippen LogP contribution in [0.4, 0.5) is 0 Å². The summed E-state index contributed by atoms with van der Waals surface area (Å²) in [5, 5.41) is 0. The van der Waals surface area contributed by atoms with Crippen molar-refractivity contribution in [3.63, 3.8) is 0 Å². The molecule has 0 heterocycles. The SMILES string of the molecule is Cc1ccc2c(c1)C1(c3ccccc3CCc3ccccc31)c1ccccc1-2. The molecule has 0 radical (unpaired) electrons. The number of hydrogen-bond donors (Lipinski definition) is 0. The van der Waals surface area contributed by atoms with Crippen LogP contribution in [0.5, 0.6) is 0 Å². The molecular weight excluding hydrogens is 336 g/mol. The van der Waals surface area contributed by atoms with E-state index in [1.807, 2.05) is 0 Å². The summed E-state index contributed by atoms with van der Waals surface area (Å²) in [5.41, 5.74) is 12.6. The fourth-order valence-electron chi connectivity index (χ4n) is 5.60. The van der Waals surface area contributed by atoms with Gasteiger partial charge in [-0.15, -0.1) is 0 Å². The van der Waals surface area contributed by atoms with Crippen LogP contribution in [0, 0.1) is 6.92 Å². The van der Waals surface area contributed by atoms with Gasteiger partial charge in [-0.25, -0.2) is 0 Å². The molecule has 0 saturated heterocycles. The van der Waals surface area contributed by atoms with Gasteiger partial charge in [-0.2, -0.15) is 0 Å². The van der Waals surface area contributed by atoms with E-state index in [0.29, 0.717) is 0 Å². The smallest absolute Gasteiger partial charge is 0.0620 e. The van der Waals surface area contributed by atoms with Gasteiger partial charge in [0.25, 0.3) is 0 Å². The average Bonchev–Trinajstić information content (AvgIpc) is 2.93. The molecule has 0 aromatic heterocycles. The van der Waals surface area contributed by atoms with Gasteiger partial charge < -0.3 is 0 Å². The lowest BCUT2D eigenvalue weighted by Gasteiger charge is -2.35. The van der Waals surface area contributed by atoms with Crippen LogP contribution in [-0.2, 0) is 18.3 Å². The minimum atomic E-state index is -0.221. The molecular formula is C28H22. The lowest BCUT2D eigenvalue weighted by molar-refractivity contribution is 0.761. The molecule has 0 unspecified atom stereocenters. The van der Waals surface area contributed by atoms with E-state index in [2.05, 4.69) is 97.9 Å². The van der Waals surface area contributed by atoms with Crippen molar-refractivity contribution >= 4 is 0 Å². The lowest BCUT2D eigenvalue weighted by Crippen LogP contribution is -2.30. The zero-order chi connectivity index (χ0) is 18.7. The van der Waals surface area contributed by atoms with Crippen molar-refractivity contribution in [2.24, 2.45) is 0 Å². The first-order valence-electron chi connectivity index (χ1n) is 10.2. The molecule has 28 heavy (non-hydrogen) atoms. The maximum Gasteiger partial charge on any atom is 0.0718 e. The Morgan fingerprint density at radius 2 is 1.07 bits per heavy atom. The number of rotatable bonds is 0. The van der Waals surface area contributed by atoms with Crippen LogP contribution in [0.15, 0.2) is 91.0 Å². The Morgan fingerprint density at radius 1 is 0.536 bits per heavy atom. The highest BCUT2D eigenvalue weighted by atomic mass is 14.5. The van der Waals surface area contributed by atoms with Gasteiger partial charge in [0.05, 0.1) is 5.41 Å². The molecule has 0 saturated carbocycles. The molecule has 0 fully saturated rings. The maximum atomic E-state index is 2.42. The average molecular weight is 358 g/mol. The third-order valence-electron chi connectivity index (χ3n) is 6.71. The second-order valence-electron chi connectivity index (χ2n) is 8.16. The Bertz CT molecular complexity index is 1180. The van der Waals surface area contributed by atoms with Gasteiger partial charge in [0.2, 0.25) is 0 Å². The number of fused-ring (bicyclic) bond motifs is 9. The minimum Gasteiger partial charge on any atom is -0.0620 e. The van der Waals surface area contributed by atoms with Crippen molar-refractivity contribution in [1.29, 1.82) is 0 Å². The largest absolute Gasteiger partial charge is 0.0718 e. The summed E-state index contributed by atoms with van der Waals surface area (Å²) in [6, 6.07) is 34.3. The first kappa shape index (κ1) is 15.9. The van der Waals surface area contributed by atoms with Gasteiger partial charge in [0, 0.05) is 0 Å². The van der Waals surface area contributed by atoms with Crippen molar-refractivity contribution in [2.75, 3.05) is 0 Å². The van der Waals surface area contributed by atoms with Crippen LogP contribution in [0.1, 0.15) is 38.9 Å². The predicted molar refractivity (Wildman–Crippen MR) is 116 cm³/mol. The summed E-state index contributed by atoms with van der Waals surface area (Å²) < 4.78 is 0. The number of hydrogen-bond acceptors (Lipinski definition) is 0. The minimum absolute atomic E-state index is 0.221. The molecule has 2 aliphatic carbocycles. The summed E-state index contributed by atoms with van der Waals surface area (Å²) in [4.78, 5) is 0. The van der Waals surface area contributed by atoms with Gasteiger partial charge in [0.15, 0.2) is 0 Å². The standard InChI is InChI=1S/C28H22/c1-19-14-17-23-22-10-4-7-13-26(22)28(27(23)18-19)24-11-5-2-8-20(24)15-16-21-9-3-6-12-25(21)28/h2-14,17-18H,15-16H2,1H3. The van der Waals surface area contributed by atoms with Crippen molar-refractivity contribution in [2.45, 2.75) is 25.2 Å². The summed E-state index contributed by atoms with van der Waals surface area (Å²) >= 11 is 0. The van der Waals surface area contributed by atoms with Crippen LogP contribution in [-0.4, -0.2) is 0 Å². The Labute approximate surface area is 166 Å². The van der Waals surface area contributed by atoms with Gasteiger partial charge in [-0.05, 0) is 64.3 Å². The van der Waals surface area contributed by atoms with Crippen LogP contribution >= 0.6 is 0 Å². The van der Waals surface area contributed by atoms with Gasteiger partial charge in [-0.1, -0.05) is 96.6 Å². The molecule has 4 aromatic rings. The third kappa shape index (κ3) is 1.90. The zero-order valence-electron chi connectivity index (χ0n) is 16.1. The van der Waals surface area contributed by atoms with Gasteiger partial charge in [-0.3, -0.25) is 0 Å². The molecule has 0 N–H and O–H groups in total. The van der Waals surface area contributed by atoms with E-state index in [0.717, 1.165) is 12.8 Å². The second kappa shape index (κ2) is 5.69. The molecule has 0 aliphatic heterocycles. The van der Waals surface area contributed by atoms with Crippen LogP contribution in [0.25, 0.3) is 11.1 Å². The van der Waals surface area contributed by atoms with Crippen LogP contribution in [0.2, 0.25) is 0 Å². The Kier molecular flexibility index (Phi) is 3.23. The molecule has 2 aliphatic rings. The highest BCUT2D eigenvalue weighted by molar-refractivity contribution is 5.87. The molecule has 0 heteroatoms. The summed E-state index contributed by atoms with van der Waals surface area (Å²) in [5.74, 6) is 0. The highest BCUT2D eigenvalue weighted by Gasteiger charge is 2.48. The fourth-order valence-corrected chi connectivity index (χ4v) is 5.60. The summed E-state index contributed by atoms with van der Waals surface area (Å²) in [7, 11) is 0. The van der Waals surface area contributed by atoms with E-state index < -0.39 is 0 Å². The van der Waals surface area contributed by atoms with Crippen molar-refractivity contribution in [1.82, 2.24) is 0 Å². The molecule has 0 amide bonds.